The summed E-state index contributed by atoms with van der Waals surface area (Å²) in [5.74, 6) is 1.04. The van der Waals surface area contributed by atoms with E-state index in [9.17, 15) is 0 Å². The summed E-state index contributed by atoms with van der Waals surface area (Å²) in [6.45, 7) is 3.29. The summed E-state index contributed by atoms with van der Waals surface area (Å²) in [6.07, 6.45) is 12.3. The Bertz CT molecular complexity index is 219. The molecule has 0 aromatic heterocycles. The maximum atomic E-state index is 5.98. The van der Waals surface area contributed by atoms with Crippen LogP contribution in [0.15, 0.2) is 0 Å². The summed E-state index contributed by atoms with van der Waals surface area (Å²) in [6, 6.07) is 0.582. The highest BCUT2D eigenvalue weighted by Gasteiger charge is 2.40. The van der Waals surface area contributed by atoms with Gasteiger partial charge in [-0.1, -0.05) is 39.0 Å². The summed E-state index contributed by atoms with van der Waals surface area (Å²) in [5.41, 5.74) is 0.142. The fourth-order valence-corrected chi connectivity index (χ4v) is 3.45. The van der Waals surface area contributed by atoms with Gasteiger partial charge in [0.2, 0.25) is 0 Å². The minimum Gasteiger partial charge on any atom is -0.377 e. The molecule has 1 atom stereocenters. The molecule has 0 heterocycles. The molecule has 100 valence electrons. The van der Waals surface area contributed by atoms with E-state index in [0.717, 1.165) is 12.5 Å². The van der Waals surface area contributed by atoms with Crippen molar-refractivity contribution in [2.75, 3.05) is 13.7 Å². The second-order valence-electron chi connectivity index (χ2n) is 5.96. The molecule has 2 heteroatoms. The molecule has 2 fully saturated rings. The van der Waals surface area contributed by atoms with Crippen molar-refractivity contribution in [1.82, 2.24) is 5.32 Å². The van der Waals surface area contributed by atoms with E-state index >= 15 is 0 Å². The SMILES string of the molecule is CCNC(CCC1CC1)C1(OC)CCCCC1. The van der Waals surface area contributed by atoms with Crippen LogP contribution in [0, 0.1) is 5.92 Å². The van der Waals surface area contributed by atoms with Crippen LogP contribution in [-0.4, -0.2) is 25.3 Å². The molecule has 0 bridgehead atoms. The standard InChI is InChI=1S/C15H29NO/c1-3-16-14(10-9-13-7-8-13)15(17-2)11-5-4-6-12-15/h13-14,16H,3-12H2,1-2H3. The largest absolute Gasteiger partial charge is 0.377 e. The zero-order valence-electron chi connectivity index (χ0n) is 11.6. The van der Waals surface area contributed by atoms with Crippen molar-refractivity contribution >= 4 is 0 Å². The highest BCUT2D eigenvalue weighted by Crippen LogP contribution is 2.39. The predicted molar refractivity (Wildman–Crippen MR) is 72.2 cm³/mol. The van der Waals surface area contributed by atoms with Gasteiger partial charge in [0.1, 0.15) is 0 Å². The lowest BCUT2D eigenvalue weighted by atomic mass is 9.77. The average Bonchev–Trinajstić information content (AvgIpc) is 3.19. The van der Waals surface area contributed by atoms with E-state index in [-0.39, 0.29) is 5.60 Å². The minimum absolute atomic E-state index is 0.142. The van der Waals surface area contributed by atoms with Gasteiger partial charge in [-0.2, -0.15) is 0 Å². The lowest BCUT2D eigenvalue weighted by Gasteiger charge is -2.43. The zero-order chi connectivity index (χ0) is 12.1. The maximum absolute atomic E-state index is 5.98. The molecule has 2 nitrogen and oxygen atoms in total. The molecule has 1 N–H and O–H groups in total. The third-order valence-electron chi connectivity index (χ3n) is 4.75. The number of likely N-dealkylation sites (N-methyl/N-ethyl adjacent to an activating group) is 1. The predicted octanol–water partition coefficient (Wildman–Crippen LogP) is 3.50. The quantitative estimate of drug-likeness (QED) is 0.734. The normalized spacial score (nSPS) is 25.8. The van der Waals surface area contributed by atoms with E-state index in [4.69, 9.17) is 4.74 Å². The van der Waals surface area contributed by atoms with Gasteiger partial charge in [0, 0.05) is 13.2 Å². The van der Waals surface area contributed by atoms with Crippen LogP contribution in [0.4, 0.5) is 0 Å². The first-order valence-corrected chi connectivity index (χ1v) is 7.59. The molecule has 17 heavy (non-hydrogen) atoms. The van der Waals surface area contributed by atoms with Crippen LogP contribution in [-0.2, 0) is 4.74 Å². The molecular formula is C15H29NO. The first-order chi connectivity index (χ1) is 8.30. The summed E-state index contributed by atoms with van der Waals surface area (Å²) < 4.78 is 5.98. The number of methoxy groups -OCH3 is 1. The molecule has 0 saturated heterocycles. The van der Waals surface area contributed by atoms with Gasteiger partial charge in [0.15, 0.2) is 0 Å². The summed E-state index contributed by atoms with van der Waals surface area (Å²) in [7, 11) is 1.92. The maximum Gasteiger partial charge on any atom is 0.0830 e. The van der Waals surface area contributed by atoms with Crippen LogP contribution in [0.5, 0.6) is 0 Å². The fraction of sp³-hybridized carbons (Fsp3) is 1.00. The number of rotatable bonds is 7. The van der Waals surface area contributed by atoms with Crippen LogP contribution >= 0.6 is 0 Å². The molecule has 2 rings (SSSR count). The van der Waals surface area contributed by atoms with E-state index in [1.807, 2.05) is 7.11 Å². The number of nitrogens with one attached hydrogen (secondary N) is 1. The Morgan fingerprint density at radius 1 is 1.24 bits per heavy atom. The van der Waals surface area contributed by atoms with Gasteiger partial charge in [-0.25, -0.2) is 0 Å². The third kappa shape index (κ3) is 3.45. The first-order valence-electron chi connectivity index (χ1n) is 7.59. The monoisotopic (exact) mass is 239 g/mol. The number of hydrogen-bond donors (Lipinski definition) is 1. The Hall–Kier alpha value is -0.0800. The molecular weight excluding hydrogens is 210 g/mol. The van der Waals surface area contributed by atoms with E-state index in [0.29, 0.717) is 6.04 Å². The van der Waals surface area contributed by atoms with Gasteiger partial charge in [-0.15, -0.1) is 0 Å². The number of ether oxygens (including phenoxy) is 1. The van der Waals surface area contributed by atoms with Gasteiger partial charge in [0.25, 0.3) is 0 Å². The van der Waals surface area contributed by atoms with Crippen molar-refractivity contribution in [1.29, 1.82) is 0 Å². The summed E-state index contributed by atoms with van der Waals surface area (Å²) in [4.78, 5) is 0. The van der Waals surface area contributed by atoms with E-state index < -0.39 is 0 Å². The third-order valence-corrected chi connectivity index (χ3v) is 4.75. The van der Waals surface area contributed by atoms with Gasteiger partial charge in [0.05, 0.1) is 5.60 Å². The van der Waals surface area contributed by atoms with Crippen molar-refractivity contribution < 1.29 is 4.74 Å². The Kier molecular flexibility index (Phi) is 4.87. The minimum atomic E-state index is 0.142. The lowest BCUT2D eigenvalue weighted by molar-refractivity contribution is -0.0695. The topological polar surface area (TPSA) is 21.3 Å². The van der Waals surface area contributed by atoms with Gasteiger partial charge < -0.3 is 10.1 Å². The van der Waals surface area contributed by atoms with Crippen LogP contribution < -0.4 is 5.32 Å². The van der Waals surface area contributed by atoms with Crippen molar-refractivity contribution in [2.24, 2.45) is 5.92 Å². The Morgan fingerprint density at radius 3 is 2.47 bits per heavy atom. The van der Waals surface area contributed by atoms with Crippen LogP contribution in [0.1, 0.15) is 64.7 Å². The molecule has 1 unspecified atom stereocenters. The van der Waals surface area contributed by atoms with Gasteiger partial charge in [-0.05, 0) is 38.1 Å². The Balaban J connectivity index is 1.93. The highest BCUT2D eigenvalue weighted by molar-refractivity contribution is 4.96. The molecule has 0 radical (unpaired) electrons. The van der Waals surface area contributed by atoms with E-state index in [1.165, 1.54) is 57.8 Å². The molecule has 0 spiro atoms. The van der Waals surface area contributed by atoms with Crippen molar-refractivity contribution in [3.8, 4) is 0 Å². The second kappa shape index (κ2) is 6.19. The highest BCUT2D eigenvalue weighted by atomic mass is 16.5. The average molecular weight is 239 g/mol. The van der Waals surface area contributed by atoms with Crippen molar-refractivity contribution in [3.63, 3.8) is 0 Å². The van der Waals surface area contributed by atoms with Crippen LogP contribution in [0.25, 0.3) is 0 Å². The van der Waals surface area contributed by atoms with E-state index in [1.54, 1.807) is 0 Å². The molecule has 0 aliphatic heterocycles. The van der Waals surface area contributed by atoms with Crippen molar-refractivity contribution in [2.45, 2.75) is 76.4 Å². The first kappa shape index (κ1) is 13.4. The zero-order valence-corrected chi connectivity index (χ0v) is 11.6. The van der Waals surface area contributed by atoms with Gasteiger partial charge >= 0.3 is 0 Å². The smallest absolute Gasteiger partial charge is 0.0830 e. The Labute approximate surface area is 107 Å². The lowest BCUT2D eigenvalue weighted by Crippen LogP contribution is -2.53. The molecule has 2 saturated carbocycles. The van der Waals surface area contributed by atoms with Crippen molar-refractivity contribution in [3.05, 3.63) is 0 Å². The summed E-state index contributed by atoms with van der Waals surface area (Å²) >= 11 is 0. The number of hydrogen-bond acceptors (Lipinski definition) is 2. The van der Waals surface area contributed by atoms with E-state index in [2.05, 4.69) is 12.2 Å². The Morgan fingerprint density at radius 2 is 1.94 bits per heavy atom. The molecule has 2 aliphatic carbocycles. The molecule has 0 aromatic carbocycles. The molecule has 0 aromatic rings. The second-order valence-corrected chi connectivity index (χ2v) is 5.96. The molecule has 0 amide bonds. The van der Waals surface area contributed by atoms with Crippen LogP contribution in [0.3, 0.4) is 0 Å². The fourth-order valence-electron chi connectivity index (χ4n) is 3.45. The van der Waals surface area contributed by atoms with Gasteiger partial charge in [-0.3, -0.25) is 0 Å². The molecule has 2 aliphatic rings. The van der Waals surface area contributed by atoms with Crippen LogP contribution in [0.2, 0.25) is 0 Å². The summed E-state index contributed by atoms with van der Waals surface area (Å²) in [5, 5.41) is 3.70.